The van der Waals surface area contributed by atoms with Crippen LogP contribution in [0, 0.1) is 34.0 Å². The van der Waals surface area contributed by atoms with E-state index in [1.54, 1.807) is 0 Å². The summed E-state index contributed by atoms with van der Waals surface area (Å²) in [7, 11) is 0. The molecular formula is C20H31BrO4. The monoisotopic (exact) mass is 414 g/mol. The Morgan fingerprint density at radius 3 is 2.52 bits per heavy atom. The summed E-state index contributed by atoms with van der Waals surface area (Å²) in [5.41, 5.74) is 0.894. The van der Waals surface area contributed by atoms with E-state index in [-0.39, 0.29) is 58.1 Å². The molecule has 0 amide bonds. The molecule has 0 aliphatic heterocycles. The Morgan fingerprint density at radius 2 is 1.88 bits per heavy atom. The third-order valence-corrected chi connectivity index (χ3v) is 9.82. The maximum Gasteiger partial charge on any atom is 0.0609 e. The highest BCUT2D eigenvalue weighted by molar-refractivity contribution is 9.09. The fourth-order valence-electron chi connectivity index (χ4n) is 6.80. The van der Waals surface area contributed by atoms with Crippen LogP contribution in [0.2, 0.25) is 0 Å². The molecule has 0 heterocycles. The van der Waals surface area contributed by atoms with Crippen LogP contribution in [-0.4, -0.2) is 50.7 Å². The molecule has 3 saturated carbocycles. The SMILES string of the molecule is C[C@@]1([C@H](Br)CO)CC=C2[C@H](C1)[C@@H](O)C[C@H]1[C@]3(CO)C[C@@H]3[C@H](O)C[C@]21C. The van der Waals surface area contributed by atoms with Crippen molar-refractivity contribution in [2.45, 2.75) is 63.0 Å². The van der Waals surface area contributed by atoms with Crippen molar-refractivity contribution in [2.75, 3.05) is 13.2 Å². The molecule has 0 radical (unpaired) electrons. The van der Waals surface area contributed by atoms with Gasteiger partial charge >= 0.3 is 0 Å². The second-order valence-electron chi connectivity index (χ2n) is 9.72. The molecule has 0 bridgehead atoms. The molecule has 0 aromatic heterocycles. The first-order chi connectivity index (χ1) is 11.7. The van der Waals surface area contributed by atoms with Crippen LogP contribution in [0.25, 0.3) is 0 Å². The summed E-state index contributed by atoms with van der Waals surface area (Å²) in [6, 6.07) is 0. The summed E-state index contributed by atoms with van der Waals surface area (Å²) >= 11 is 3.62. The Kier molecular flexibility index (Phi) is 4.26. The van der Waals surface area contributed by atoms with E-state index in [1.165, 1.54) is 5.57 Å². The number of alkyl halides is 1. The van der Waals surface area contributed by atoms with Gasteiger partial charge in [-0.25, -0.2) is 0 Å². The van der Waals surface area contributed by atoms with Crippen molar-refractivity contribution < 1.29 is 20.4 Å². The number of hydrogen-bond donors (Lipinski definition) is 4. The first-order valence-electron chi connectivity index (χ1n) is 9.64. The lowest BCUT2D eigenvalue weighted by atomic mass is 9.48. The number of allylic oxidation sites excluding steroid dienone is 1. The van der Waals surface area contributed by atoms with Gasteiger partial charge in [-0.2, -0.15) is 0 Å². The van der Waals surface area contributed by atoms with E-state index >= 15 is 0 Å². The number of fused-ring (bicyclic) bond motifs is 5. The van der Waals surface area contributed by atoms with Gasteiger partial charge in [-0.1, -0.05) is 41.4 Å². The quantitative estimate of drug-likeness (QED) is 0.421. The first-order valence-corrected chi connectivity index (χ1v) is 10.6. The van der Waals surface area contributed by atoms with Crippen molar-refractivity contribution in [1.29, 1.82) is 0 Å². The standard InChI is InChI=1S/C20H31BrO4/c1-18(17(21)9-22)4-3-12-11(6-18)14(24)5-16-19(12,2)8-15(25)13-7-20(13,16)10-23/h3,11,13-17,22-25H,4-10H2,1-2H3/t11-,13+,14-,15+,16+,17+,18+,19+,20-/m0/s1. The van der Waals surface area contributed by atoms with Crippen LogP contribution in [0.3, 0.4) is 0 Å². The second-order valence-corrected chi connectivity index (χ2v) is 10.8. The molecular weight excluding hydrogens is 384 g/mol. The van der Waals surface area contributed by atoms with E-state index in [9.17, 15) is 20.4 Å². The number of halogens is 1. The van der Waals surface area contributed by atoms with E-state index in [4.69, 9.17) is 0 Å². The molecule has 0 spiro atoms. The lowest BCUT2D eigenvalue weighted by Gasteiger charge is -2.58. The van der Waals surface area contributed by atoms with Crippen LogP contribution in [0.1, 0.15) is 46.0 Å². The zero-order valence-electron chi connectivity index (χ0n) is 15.2. The minimum Gasteiger partial charge on any atom is -0.396 e. The minimum absolute atomic E-state index is 0.0177. The van der Waals surface area contributed by atoms with Gasteiger partial charge in [0.05, 0.1) is 18.8 Å². The highest BCUT2D eigenvalue weighted by Gasteiger charge is 2.71. The lowest BCUT2D eigenvalue weighted by Crippen LogP contribution is -2.55. The summed E-state index contributed by atoms with van der Waals surface area (Å²) in [4.78, 5) is 0.0177. The van der Waals surface area contributed by atoms with E-state index < -0.39 is 6.10 Å². The number of aliphatic hydroxyl groups is 4. The fourth-order valence-corrected chi connectivity index (χ4v) is 7.18. The van der Waals surface area contributed by atoms with Gasteiger partial charge < -0.3 is 20.4 Å². The van der Waals surface area contributed by atoms with Gasteiger partial charge in [0.25, 0.3) is 0 Å². The third-order valence-electron chi connectivity index (χ3n) is 8.42. The van der Waals surface area contributed by atoms with Gasteiger partial charge in [0.15, 0.2) is 0 Å². The van der Waals surface area contributed by atoms with Gasteiger partial charge in [-0.05, 0) is 54.8 Å². The van der Waals surface area contributed by atoms with Gasteiger partial charge in [0, 0.05) is 22.8 Å². The third kappa shape index (κ3) is 2.39. The minimum atomic E-state index is -0.401. The zero-order valence-corrected chi connectivity index (χ0v) is 16.7. The molecule has 0 aromatic rings. The molecule has 4 aliphatic carbocycles. The maximum absolute atomic E-state index is 11.0. The Bertz CT molecular complexity index is 594. The molecule has 0 saturated heterocycles. The van der Waals surface area contributed by atoms with Crippen molar-refractivity contribution in [3.05, 3.63) is 11.6 Å². The van der Waals surface area contributed by atoms with E-state index in [1.807, 2.05) is 0 Å². The molecule has 4 N–H and O–H groups in total. The predicted molar refractivity (Wildman–Crippen MR) is 99.2 cm³/mol. The lowest BCUT2D eigenvalue weighted by molar-refractivity contribution is -0.0947. The van der Waals surface area contributed by atoms with Gasteiger partial charge in [0.1, 0.15) is 0 Å². The fraction of sp³-hybridized carbons (Fsp3) is 0.900. The molecule has 4 aliphatic rings. The van der Waals surface area contributed by atoms with Gasteiger partial charge in [0.2, 0.25) is 0 Å². The van der Waals surface area contributed by atoms with E-state index in [0.717, 1.165) is 25.7 Å². The first kappa shape index (κ1) is 18.4. The number of aliphatic hydroxyl groups excluding tert-OH is 4. The second kappa shape index (κ2) is 5.78. The number of rotatable bonds is 3. The van der Waals surface area contributed by atoms with Crippen molar-refractivity contribution in [3.8, 4) is 0 Å². The molecule has 9 atom stereocenters. The Labute approximate surface area is 158 Å². The normalized spacial score (nSPS) is 55.5. The number of hydrogen-bond acceptors (Lipinski definition) is 4. The molecule has 5 heteroatoms. The average molecular weight is 415 g/mol. The summed E-state index contributed by atoms with van der Waals surface area (Å²) in [6.07, 6.45) is 5.61. The zero-order chi connectivity index (χ0) is 18.2. The topological polar surface area (TPSA) is 80.9 Å². The summed E-state index contributed by atoms with van der Waals surface area (Å²) < 4.78 is 0. The maximum atomic E-state index is 11.0. The van der Waals surface area contributed by atoms with Crippen LogP contribution in [0.15, 0.2) is 11.6 Å². The van der Waals surface area contributed by atoms with E-state index in [0.29, 0.717) is 6.42 Å². The molecule has 4 rings (SSSR count). The molecule has 4 nitrogen and oxygen atoms in total. The van der Waals surface area contributed by atoms with Gasteiger partial charge in [-0.15, -0.1) is 0 Å². The molecule has 25 heavy (non-hydrogen) atoms. The Balaban J connectivity index is 1.72. The van der Waals surface area contributed by atoms with Crippen molar-refractivity contribution in [2.24, 2.45) is 34.0 Å². The molecule has 0 aromatic carbocycles. The smallest absolute Gasteiger partial charge is 0.0609 e. The largest absolute Gasteiger partial charge is 0.396 e. The van der Waals surface area contributed by atoms with Crippen LogP contribution in [-0.2, 0) is 0 Å². The van der Waals surface area contributed by atoms with Crippen molar-refractivity contribution >= 4 is 15.9 Å². The molecule has 0 unspecified atom stereocenters. The summed E-state index contributed by atoms with van der Waals surface area (Å²) in [6.45, 7) is 4.64. The average Bonchev–Trinajstić information content (AvgIpc) is 3.33. The van der Waals surface area contributed by atoms with Crippen molar-refractivity contribution in [3.63, 3.8) is 0 Å². The Morgan fingerprint density at radius 1 is 1.16 bits per heavy atom. The van der Waals surface area contributed by atoms with Crippen LogP contribution in [0.5, 0.6) is 0 Å². The van der Waals surface area contributed by atoms with Gasteiger partial charge in [-0.3, -0.25) is 0 Å². The highest BCUT2D eigenvalue weighted by Crippen LogP contribution is 2.73. The molecule has 142 valence electrons. The highest BCUT2D eigenvalue weighted by atomic mass is 79.9. The predicted octanol–water partition coefficient (Wildman–Crippen LogP) is 2.24. The van der Waals surface area contributed by atoms with Crippen LogP contribution in [0.4, 0.5) is 0 Å². The van der Waals surface area contributed by atoms with Crippen molar-refractivity contribution in [1.82, 2.24) is 0 Å². The van der Waals surface area contributed by atoms with E-state index in [2.05, 4.69) is 35.9 Å². The molecule has 3 fully saturated rings. The van der Waals surface area contributed by atoms with Crippen LogP contribution >= 0.6 is 15.9 Å². The Hall–Kier alpha value is 0.0600. The van der Waals surface area contributed by atoms with Crippen LogP contribution < -0.4 is 0 Å². The summed E-state index contributed by atoms with van der Waals surface area (Å²) in [5.74, 6) is 0.540. The summed E-state index contributed by atoms with van der Waals surface area (Å²) in [5, 5.41) is 41.3.